The van der Waals surface area contributed by atoms with Crippen LogP contribution < -0.4 is 0 Å². The number of hydrogen-bond donors (Lipinski definition) is 0. The lowest BCUT2D eigenvalue weighted by Gasteiger charge is -2.46. The maximum Gasteiger partial charge on any atom is 0.211 e. The molecule has 3 aliphatic rings. The van der Waals surface area contributed by atoms with Crippen LogP contribution in [0.2, 0.25) is 0 Å². The highest BCUT2D eigenvalue weighted by atomic mass is 32.2. The minimum Gasteiger partial charge on any atom is -0.383 e. The van der Waals surface area contributed by atoms with E-state index in [0.717, 1.165) is 25.4 Å². The lowest BCUT2D eigenvalue weighted by atomic mass is 9.85. The van der Waals surface area contributed by atoms with Crippen molar-refractivity contribution in [3.63, 3.8) is 0 Å². The third-order valence-electron chi connectivity index (χ3n) is 5.63. The van der Waals surface area contributed by atoms with E-state index in [4.69, 9.17) is 4.74 Å². The van der Waals surface area contributed by atoms with Gasteiger partial charge in [-0.3, -0.25) is 4.90 Å². The maximum absolute atomic E-state index is 11.7. The summed E-state index contributed by atoms with van der Waals surface area (Å²) in [6.45, 7) is 3.36. The molecule has 0 N–H and O–H groups in total. The fourth-order valence-electron chi connectivity index (χ4n) is 4.18. The van der Waals surface area contributed by atoms with Gasteiger partial charge in [0.15, 0.2) is 0 Å². The predicted octanol–water partition coefficient (Wildman–Crippen LogP) is 1.30. The Morgan fingerprint density at radius 1 is 1.14 bits per heavy atom. The van der Waals surface area contributed by atoms with E-state index in [0.29, 0.717) is 19.1 Å². The summed E-state index contributed by atoms with van der Waals surface area (Å²) in [5.74, 6) is 0.868. The average Bonchev–Trinajstić information content (AvgIpc) is 3.19. The molecule has 0 aromatic heterocycles. The third-order valence-corrected chi connectivity index (χ3v) is 6.93. The van der Waals surface area contributed by atoms with Gasteiger partial charge in [-0.15, -0.1) is 0 Å². The summed E-state index contributed by atoms with van der Waals surface area (Å²) in [5, 5.41) is 0. The summed E-state index contributed by atoms with van der Waals surface area (Å²) in [6, 6.07) is 0.528. The number of likely N-dealkylation sites (tertiary alicyclic amines) is 1. The summed E-state index contributed by atoms with van der Waals surface area (Å²) in [5.41, 5.74) is 0.229. The van der Waals surface area contributed by atoms with Gasteiger partial charge in [0.25, 0.3) is 0 Å². The zero-order valence-electron chi connectivity index (χ0n) is 13.3. The number of nitrogens with zero attached hydrogens (tertiary/aromatic N) is 2. The average molecular weight is 316 g/mol. The monoisotopic (exact) mass is 316 g/mol. The standard InChI is InChI=1S/C15H28N2O3S/c1-20-12-14-5-6-15(17(14)11-13-3-4-13)7-9-16(10-8-15)21(2,18)19/h13-14H,3-12H2,1-2H3. The van der Waals surface area contributed by atoms with Gasteiger partial charge < -0.3 is 4.74 Å². The van der Waals surface area contributed by atoms with Gasteiger partial charge in [0.1, 0.15) is 0 Å². The Morgan fingerprint density at radius 3 is 2.33 bits per heavy atom. The number of rotatable bonds is 5. The first kappa shape index (κ1) is 15.7. The van der Waals surface area contributed by atoms with Crippen LogP contribution in [0.1, 0.15) is 38.5 Å². The first-order valence-electron chi connectivity index (χ1n) is 8.15. The van der Waals surface area contributed by atoms with Gasteiger partial charge in [-0.05, 0) is 44.4 Å². The minimum atomic E-state index is -3.03. The summed E-state index contributed by atoms with van der Waals surface area (Å²) in [7, 11) is -1.25. The Morgan fingerprint density at radius 2 is 1.81 bits per heavy atom. The molecule has 0 radical (unpaired) electrons. The molecule has 1 unspecified atom stereocenters. The summed E-state index contributed by atoms with van der Waals surface area (Å²) in [4.78, 5) is 2.69. The quantitative estimate of drug-likeness (QED) is 0.767. The van der Waals surface area contributed by atoms with Crippen LogP contribution in [-0.4, -0.2) is 68.8 Å². The molecule has 21 heavy (non-hydrogen) atoms. The molecule has 2 heterocycles. The van der Waals surface area contributed by atoms with E-state index in [-0.39, 0.29) is 5.54 Å². The van der Waals surface area contributed by atoms with Crippen molar-refractivity contribution < 1.29 is 13.2 Å². The topological polar surface area (TPSA) is 49.9 Å². The van der Waals surface area contributed by atoms with Crippen LogP contribution in [0.4, 0.5) is 0 Å². The zero-order valence-corrected chi connectivity index (χ0v) is 14.1. The molecule has 2 saturated heterocycles. The minimum absolute atomic E-state index is 0.229. The van der Waals surface area contributed by atoms with E-state index in [1.54, 1.807) is 11.4 Å². The Bertz CT molecular complexity index is 467. The van der Waals surface area contributed by atoms with Crippen LogP contribution in [0.15, 0.2) is 0 Å². The van der Waals surface area contributed by atoms with E-state index in [9.17, 15) is 8.42 Å². The fraction of sp³-hybridized carbons (Fsp3) is 1.00. The summed E-state index contributed by atoms with van der Waals surface area (Å²) >= 11 is 0. The maximum atomic E-state index is 11.7. The van der Waals surface area contributed by atoms with Crippen LogP contribution in [0.5, 0.6) is 0 Å². The smallest absolute Gasteiger partial charge is 0.211 e. The lowest BCUT2D eigenvalue weighted by molar-refractivity contribution is 0.0210. The van der Waals surface area contributed by atoms with Crippen molar-refractivity contribution in [3.8, 4) is 0 Å². The predicted molar refractivity (Wildman–Crippen MR) is 82.7 cm³/mol. The van der Waals surface area contributed by atoms with Gasteiger partial charge in [-0.1, -0.05) is 0 Å². The number of sulfonamides is 1. The molecule has 2 aliphatic heterocycles. The Kier molecular flexibility index (Phi) is 4.34. The van der Waals surface area contributed by atoms with Crippen molar-refractivity contribution in [2.75, 3.05) is 39.6 Å². The van der Waals surface area contributed by atoms with Crippen LogP contribution >= 0.6 is 0 Å². The van der Waals surface area contributed by atoms with Crippen molar-refractivity contribution in [1.29, 1.82) is 0 Å². The molecule has 1 aliphatic carbocycles. The molecule has 0 bridgehead atoms. The molecule has 3 fully saturated rings. The van der Waals surface area contributed by atoms with Crippen molar-refractivity contribution in [2.45, 2.75) is 50.1 Å². The second-order valence-electron chi connectivity index (χ2n) is 7.13. The van der Waals surface area contributed by atoms with E-state index in [1.807, 2.05) is 0 Å². The second-order valence-corrected chi connectivity index (χ2v) is 9.11. The normalized spacial score (nSPS) is 31.0. The van der Waals surface area contributed by atoms with Gasteiger partial charge in [0.2, 0.25) is 10.0 Å². The molecule has 0 amide bonds. The molecule has 3 rings (SSSR count). The van der Waals surface area contributed by atoms with E-state index in [1.165, 1.54) is 38.5 Å². The van der Waals surface area contributed by atoms with Crippen molar-refractivity contribution >= 4 is 10.0 Å². The van der Waals surface area contributed by atoms with E-state index in [2.05, 4.69) is 4.90 Å². The zero-order chi connectivity index (χ0) is 15.1. The highest BCUT2D eigenvalue weighted by Gasteiger charge is 2.49. The number of piperidine rings is 1. The van der Waals surface area contributed by atoms with Gasteiger partial charge in [-0.25, -0.2) is 12.7 Å². The Balaban J connectivity index is 1.70. The molecular weight excluding hydrogens is 288 g/mol. The van der Waals surface area contributed by atoms with Crippen LogP contribution in [0.25, 0.3) is 0 Å². The molecule has 1 saturated carbocycles. The summed E-state index contributed by atoms with van der Waals surface area (Å²) in [6.07, 6.45) is 8.41. The molecule has 1 spiro atoms. The van der Waals surface area contributed by atoms with E-state index < -0.39 is 10.0 Å². The van der Waals surface area contributed by atoms with Gasteiger partial charge in [0, 0.05) is 38.3 Å². The first-order valence-corrected chi connectivity index (χ1v) is 10.0. The third kappa shape index (κ3) is 3.28. The number of methoxy groups -OCH3 is 1. The number of hydrogen-bond acceptors (Lipinski definition) is 4. The SMILES string of the molecule is COCC1CCC2(CCN(S(C)(=O)=O)CC2)N1CC1CC1. The molecule has 0 aromatic rings. The second kappa shape index (κ2) is 5.80. The van der Waals surface area contributed by atoms with Crippen molar-refractivity contribution in [1.82, 2.24) is 9.21 Å². The molecule has 122 valence electrons. The van der Waals surface area contributed by atoms with Crippen LogP contribution in [0.3, 0.4) is 0 Å². The Labute approximate surface area is 128 Å². The highest BCUT2D eigenvalue weighted by molar-refractivity contribution is 7.88. The van der Waals surface area contributed by atoms with Crippen LogP contribution in [-0.2, 0) is 14.8 Å². The molecule has 5 nitrogen and oxygen atoms in total. The van der Waals surface area contributed by atoms with Gasteiger partial charge in [0.05, 0.1) is 12.9 Å². The molecular formula is C15H28N2O3S. The summed E-state index contributed by atoms with van der Waals surface area (Å²) < 4.78 is 30.5. The highest BCUT2D eigenvalue weighted by Crippen LogP contribution is 2.44. The van der Waals surface area contributed by atoms with E-state index >= 15 is 0 Å². The van der Waals surface area contributed by atoms with Crippen molar-refractivity contribution in [2.24, 2.45) is 5.92 Å². The Hall–Kier alpha value is -0.170. The van der Waals surface area contributed by atoms with Crippen LogP contribution in [0, 0.1) is 5.92 Å². The van der Waals surface area contributed by atoms with Gasteiger partial charge in [-0.2, -0.15) is 0 Å². The molecule has 0 aromatic carbocycles. The first-order chi connectivity index (χ1) is 9.94. The van der Waals surface area contributed by atoms with Gasteiger partial charge >= 0.3 is 0 Å². The number of ether oxygens (including phenoxy) is 1. The fourth-order valence-corrected chi connectivity index (χ4v) is 5.03. The molecule has 6 heteroatoms. The van der Waals surface area contributed by atoms with Crippen molar-refractivity contribution in [3.05, 3.63) is 0 Å². The molecule has 1 atom stereocenters. The lowest BCUT2D eigenvalue weighted by Crippen LogP contribution is -2.55. The largest absolute Gasteiger partial charge is 0.383 e.